The highest BCUT2D eigenvalue weighted by atomic mass is 19.4. The van der Waals surface area contributed by atoms with Crippen molar-refractivity contribution in [1.29, 1.82) is 0 Å². The lowest BCUT2D eigenvalue weighted by molar-refractivity contribution is -0.138. The van der Waals surface area contributed by atoms with Gasteiger partial charge in [0.1, 0.15) is 0 Å². The number of carbonyl (C=O) groups is 1. The van der Waals surface area contributed by atoms with E-state index in [2.05, 4.69) is 9.72 Å². The SMILES string of the molecule is COC(=O)Oc1cncc(-c2ccc(C)c(C(F)(F)F)c2)c1. The van der Waals surface area contributed by atoms with Crippen LogP contribution >= 0.6 is 0 Å². The van der Waals surface area contributed by atoms with Gasteiger partial charge in [-0.3, -0.25) is 4.98 Å². The Labute approximate surface area is 124 Å². The molecular formula is C15H12F3NO3. The third-order valence-electron chi connectivity index (χ3n) is 2.96. The Morgan fingerprint density at radius 1 is 1.14 bits per heavy atom. The van der Waals surface area contributed by atoms with Crippen molar-refractivity contribution in [1.82, 2.24) is 4.98 Å². The maximum absolute atomic E-state index is 12.9. The molecule has 0 aliphatic heterocycles. The Bertz CT molecular complexity index is 699. The van der Waals surface area contributed by atoms with Crippen LogP contribution in [0.4, 0.5) is 18.0 Å². The van der Waals surface area contributed by atoms with Crippen LogP contribution < -0.4 is 4.74 Å². The number of aromatic nitrogens is 1. The number of carbonyl (C=O) groups excluding carboxylic acids is 1. The van der Waals surface area contributed by atoms with E-state index in [0.717, 1.165) is 13.2 Å². The van der Waals surface area contributed by atoms with Gasteiger partial charge >= 0.3 is 12.3 Å². The molecule has 0 atom stereocenters. The molecule has 1 heterocycles. The molecule has 0 radical (unpaired) electrons. The number of ether oxygens (including phenoxy) is 2. The van der Waals surface area contributed by atoms with Gasteiger partial charge in [-0.2, -0.15) is 13.2 Å². The minimum Gasteiger partial charge on any atom is -0.437 e. The molecule has 4 nitrogen and oxygen atoms in total. The number of hydrogen-bond acceptors (Lipinski definition) is 4. The summed E-state index contributed by atoms with van der Waals surface area (Å²) in [6, 6.07) is 5.37. The lowest BCUT2D eigenvalue weighted by Crippen LogP contribution is -2.08. The van der Waals surface area contributed by atoms with Gasteiger partial charge in [0.15, 0.2) is 5.75 Å². The molecule has 22 heavy (non-hydrogen) atoms. The van der Waals surface area contributed by atoms with E-state index in [9.17, 15) is 18.0 Å². The van der Waals surface area contributed by atoms with Crippen LogP contribution in [0.2, 0.25) is 0 Å². The molecule has 0 unspecified atom stereocenters. The topological polar surface area (TPSA) is 48.4 Å². The third-order valence-corrected chi connectivity index (χ3v) is 2.96. The van der Waals surface area contributed by atoms with E-state index in [1.54, 1.807) is 6.07 Å². The molecule has 116 valence electrons. The number of rotatable bonds is 2. The molecule has 0 bridgehead atoms. The molecule has 1 aromatic carbocycles. The van der Waals surface area contributed by atoms with E-state index in [-0.39, 0.29) is 11.3 Å². The van der Waals surface area contributed by atoms with Crippen LogP contribution in [0, 0.1) is 6.92 Å². The molecule has 0 saturated heterocycles. The zero-order chi connectivity index (χ0) is 16.3. The first-order chi connectivity index (χ1) is 10.3. The van der Waals surface area contributed by atoms with Gasteiger partial charge in [-0.1, -0.05) is 12.1 Å². The van der Waals surface area contributed by atoms with E-state index in [4.69, 9.17) is 4.74 Å². The number of methoxy groups -OCH3 is 1. The number of nitrogens with zero attached hydrogens (tertiary/aromatic N) is 1. The number of alkyl halides is 3. The fourth-order valence-corrected chi connectivity index (χ4v) is 1.88. The van der Waals surface area contributed by atoms with Crippen molar-refractivity contribution in [2.75, 3.05) is 7.11 Å². The van der Waals surface area contributed by atoms with Gasteiger partial charge in [0.05, 0.1) is 18.9 Å². The van der Waals surface area contributed by atoms with Crippen LogP contribution in [0.3, 0.4) is 0 Å². The van der Waals surface area contributed by atoms with Crippen molar-refractivity contribution in [3.8, 4) is 16.9 Å². The maximum atomic E-state index is 12.9. The van der Waals surface area contributed by atoms with Gasteiger partial charge in [0.25, 0.3) is 0 Å². The summed E-state index contributed by atoms with van der Waals surface area (Å²) in [4.78, 5) is 14.9. The van der Waals surface area contributed by atoms with Crippen LogP contribution in [-0.4, -0.2) is 18.2 Å². The lowest BCUT2D eigenvalue weighted by Gasteiger charge is -2.12. The first-order valence-electron chi connectivity index (χ1n) is 6.20. The molecule has 7 heteroatoms. The summed E-state index contributed by atoms with van der Waals surface area (Å²) in [6.45, 7) is 1.39. The van der Waals surface area contributed by atoms with Crippen molar-refractivity contribution in [2.45, 2.75) is 13.1 Å². The van der Waals surface area contributed by atoms with Crippen LogP contribution in [0.15, 0.2) is 36.7 Å². The second-order valence-electron chi connectivity index (χ2n) is 4.49. The molecule has 0 aliphatic rings. The predicted octanol–water partition coefficient (Wildman–Crippen LogP) is 4.22. The summed E-state index contributed by atoms with van der Waals surface area (Å²) >= 11 is 0. The van der Waals surface area contributed by atoms with E-state index < -0.39 is 17.9 Å². The number of halogens is 3. The van der Waals surface area contributed by atoms with E-state index in [1.165, 1.54) is 31.5 Å². The van der Waals surface area contributed by atoms with Gasteiger partial charge in [0, 0.05) is 11.8 Å². The largest absolute Gasteiger partial charge is 0.513 e. The molecule has 0 fully saturated rings. The summed E-state index contributed by atoms with van der Waals surface area (Å²) in [6.07, 6.45) is -2.72. The van der Waals surface area contributed by atoms with Gasteiger partial charge in [-0.25, -0.2) is 4.79 Å². The molecule has 0 amide bonds. The van der Waals surface area contributed by atoms with Gasteiger partial charge < -0.3 is 9.47 Å². The molecule has 2 aromatic rings. The first-order valence-corrected chi connectivity index (χ1v) is 6.20. The van der Waals surface area contributed by atoms with Crippen LogP contribution in [0.5, 0.6) is 5.75 Å². The van der Waals surface area contributed by atoms with Crippen LogP contribution in [0.25, 0.3) is 11.1 Å². The highest BCUT2D eigenvalue weighted by Crippen LogP contribution is 2.35. The Morgan fingerprint density at radius 3 is 2.50 bits per heavy atom. The minimum absolute atomic E-state index is 0.0819. The Hall–Kier alpha value is -2.57. The number of aryl methyl sites for hydroxylation is 1. The highest BCUT2D eigenvalue weighted by molar-refractivity contribution is 5.68. The Balaban J connectivity index is 2.40. The quantitative estimate of drug-likeness (QED) is 0.779. The van der Waals surface area contributed by atoms with Crippen LogP contribution in [0.1, 0.15) is 11.1 Å². The zero-order valence-electron chi connectivity index (χ0n) is 11.8. The molecule has 1 aromatic heterocycles. The molecular weight excluding hydrogens is 299 g/mol. The van der Waals surface area contributed by atoms with Gasteiger partial charge in [-0.05, 0) is 30.2 Å². The zero-order valence-corrected chi connectivity index (χ0v) is 11.8. The fraction of sp³-hybridized carbons (Fsp3) is 0.200. The first kappa shape index (κ1) is 15.8. The van der Waals surface area contributed by atoms with Crippen molar-refractivity contribution < 1.29 is 27.4 Å². The van der Waals surface area contributed by atoms with Crippen molar-refractivity contribution in [3.63, 3.8) is 0 Å². The predicted molar refractivity (Wildman–Crippen MR) is 72.4 cm³/mol. The van der Waals surface area contributed by atoms with Gasteiger partial charge in [0.2, 0.25) is 0 Å². The summed E-state index contributed by atoms with van der Waals surface area (Å²) in [7, 11) is 1.15. The van der Waals surface area contributed by atoms with Crippen molar-refractivity contribution >= 4 is 6.16 Å². The van der Waals surface area contributed by atoms with Crippen molar-refractivity contribution in [2.24, 2.45) is 0 Å². The summed E-state index contributed by atoms with van der Waals surface area (Å²) in [5.41, 5.74) is 0.128. The smallest absolute Gasteiger partial charge is 0.437 e. The van der Waals surface area contributed by atoms with Crippen LogP contribution in [-0.2, 0) is 10.9 Å². The summed E-state index contributed by atoms with van der Waals surface area (Å²) in [5, 5.41) is 0. The summed E-state index contributed by atoms with van der Waals surface area (Å²) < 4.78 is 48.0. The maximum Gasteiger partial charge on any atom is 0.513 e. The van der Waals surface area contributed by atoms with E-state index in [1.807, 2.05) is 0 Å². The Morgan fingerprint density at radius 2 is 1.86 bits per heavy atom. The van der Waals surface area contributed by atoms with Crippen molar-refractivity contribution in [3.05, 3.63) is 47.8 Å². The molecule has 0 aliphatic carbocycles. The normalized spacial score (nSPS) is 11.1. The van der Waals surface area contributed by atoms with E-state index >= 15 is 0 Å². The fourth-order valence-electron chi connectivity index (χ4n) is 1.88. The minimum atomic E-state index is -4.44. The molecule has 0 N–H and O–H groups in total. The Kier molecular flexibility index (Phi) is 4.35. The number of benzene rings is 1. The average Bonchev–Trinajstić information content (AvgIpc) is 2.46. The molecule has 0 saturated carbocycles. The number of hydrogen-bond donors (Lipinski definition) is 0. The standard InChI is InChI=1S/C15H12F3NO3/c1-9-3-4-10(6-13(9)15(16,17)18)11-5-12(8-19-7-11)22-14(20)21-2/h3-8H,1-2H3. The second-order valence-corrected chi connectivity index (χ2v) is 4.49. The molecule has 0 spiro atoms. The van der Waals surface area contributed by atoms with Gasteiger partial charge in [-0.15, -0.1) is 0 Å². The van der Waals surface area contributed by atoms with E-state index in [0.29, 0.717) is 11.1 Å². The highest BCUT2D eigenvalue weighted by Gasteiger charge is 2.32. The average molecular weight is 311 g/mol. The molecule has 2 rings (SSSR count). The second kappa shape index (κ2) is 6.05. The lowest BCUT2D eigenvalue weighted by atomic mass is 10.0. The third kappa shape index (κ3) is 3.55. The summed E-state index contributed by atoms with van der Waals surface area (Å²) in [5.74, 6) is 0.0819. The number of pyridine rings is 1. The monoisotopic (exact) mass is 311 g/mol.